The summed E-state index contributed by atoms with van der Waals surface area (Å²) in [6, 6.07) is 17.7. The van der Waals surface area contributed by atoms with Gasteiger partial charge in [-0.3, -0.25) is 0 Å². The maximum absolute atomic E-state index is 10.6. The van der Waals surface area contributed by atoms with Gasteiger partial charge >= 0.3 is 0 Å². The zero-order valence-corrected chi connectivity index (χ0v) is 18.4. The lowest BCUT2D eigenvalue weighted by Gasteiger charge is -2.05. The van der Waals surface area contributed by atoms with Crippen molar-refractivity contribution in [2.75, 3.05) is 26.6 Å². The first kappa shape index (κ1) is 23.6. The van der Waals surface area contributed by atoms with Crippen molar-refractivity contribution in [1.29, 1.82) is 0 Å². The third-order valence-corrected chi connectivity index (χ3v) is 5.05. The maximum Gasteiger partial charge on any atom is 0.147 e. The van der Waals surface area contributed by atoms with E-state index in [1.165, 1.54) is 0 Å². The molecule has 0 saturated heterocycles. The van der Waals surface area contributed by atoms with Crippen LogP contribution < -0.4 is 4.74 Å². The Morgan fingerprint density at radius 2 is 1.80 bits per heavy atom. The Kier molecular flexibility index (Phi) is 11.3. The number of aliphatic hydroxyl groups excluding tert-OH is 1. The van der Waals surface area contributed by atoms with Gasteiger partial charge in [0.15, 0.2) is 0 Å². The fourth-order valence-electron chi connectivity index (χ4n) is 2.54. The van der Waals surface area contributed by atoms with Gasteiger partial charge in [0, 0.05) is 30.6 Å². The Hall–Kier alpha value is -2.63. The number of thioether (sulfide) groups is 1. The van der Waals surface area contributed by atoms with E-state index in [1.807, 2.05) is 60.7 Å². The predicted octanol–water partition coefficient (Wildman–Crippen LogP) is 5.06. The van der Waals surface area contributed by atoms with Crippen LogP contribution >= 0.6 is 11.8 Å². The molecule has 2 aromatic rings. The van der Waals surface area contributed by atoms with Crippen LogP contribution in [0.5, 0.6) is 5.75 Å². The van der Waals surface area contributed by atoms with E-state index in [2.05, 4.69) is 23.7 Å². The summed E-state index contributed by atoms with van der Waals surface area (Å²) < 4.78 is 10.3. The van der Waals surface area contributed by atoms with Crippen molar-refractivity contribution in [3.05, 3.63) is 65.7 Å². The Balaban J connectivity index is 2.06. The number of hydrogen-bond donors (Lipinski definition) is 1. The third kappa shape index (κ3) is 9.25. The highest BCUT2D eigenvalue weighted by atomic mass is 32.2. The van der Waals surface area contributed by atoms with Crippen LogP contribution in [-0.4, -0.2) is 37.8 Å². The topological polar surface area (TPSA) is 38.7 Å². The molecule has 2 rings (SSSR count). The van der Waals surface area contributed by atoms with Gasteiger partial charge in [0.25, 0.3) is 0 Å². The van der Waals surface area contributed by atoms with Gasteiger partial charge in [-0.25, -0.2) is 0 Å². The van der Waals surface area contributed by atoms with Crippen LogP contribution in [0, 0.1) is 23.7 Å². The monoisotopic (exact) mass is 420 g/mol. The van der Waals surface area contributed by atoms with Crippen LogP contribution in [0.15, 0.2) is 65.1 Å². The highest BCUT2D eigenvalue weighted by Gasteiger charge is 2.06. The third-order valence-electron chi connectivity index (χ3n) is 4.16. The van der Waals surface area contributed by atoms with Gasteiger partial charge in [0.05, 0.1) is 12.9 Å². The van der Waals surface area contributed by atoms with E-state index >= 15 is 0 Å². The van der Waals surface area contributed by atoms with Crippen molar-refractivity contribution in [2.45, 2.75) is 30.3 Å². The summed E-state index contributed by atoms with van der Waals surface area (Å²) in [6.07, 6.45) is 3.65. The van der Waals surface area contributed by atoms with Crippen molar-refractivity contribution in [3.63, 3.8) is 0 Å². The summed E-state index contributed by atoms with van der Waals surface area (Å²) in [4.78, 5) is 1.16. The number of aliphatic hydroxyl groups is 1. The standard InChI is InChI=1S/C26H28O3S/c1-28-19-9-4-3-6-11-23(21-22-15-17-24(29-2)18-16-22)26(27)14-10-20-30-25-12-7-5-8-13-25/h5,7-8,12-13,15-18,21,26-27H,3-4,9,19-20H2,1-2H3/b23-21-. The number of unbranched alkanes of at least 4 members (excludes halogenated alkanes) is 2. The first-order valence-corrected chi connectivity index (χ1v) is 10.9. The van der Waals surface area contributed by atoms with Gasteiger partial charge in [0.1, 0.15) is 11.9 Å². The Morgan fingerprint density at radius 3 is 2.50 bits per heavy atom. The fourth-order valence-corrected chi connectivity index (χ4v) is 3.21. The van der Waals surface area contributed by atoms with Gasteiger partial charge in [-0.1, -0.05) is 54.0 Å². The molecule has 0 heterocycles. The molecule has 0 amide bonds. The van der Waals surface area contributed by atoms with Crippen molar-refractivity contribution in [1.82, 2.24) is 0 Å². The van der Waals surface area contributed by atoms with Gasteiger partial charge in [-0.05, 0) is 48.7 Å². The summed E-state index contributed by atoms with van der Waals surface area (Å²) in [5.41, 5.74) is 1.54. The van der Waals surface area contributed by atoms with E-state index in [1.54, 1.807) is 26.0 Å². The first-order valence-electron chi connectivity index (χ1n) is 9.90. The molecule has 0 aliphatic heterocycles. The molecule has 1 atom stereocenters. The minimum absolute atomic E-state index is 0.601. The second kappa shape index (κ2) is 14.4. The van der Waals surface area contributed by atoms with Crippen molar-refractivity contribution >= 4 is 17.8 Å². The molecule has 0 bridgehead atoms. The van der Waals surface area contributed by atoms with E-state index < -0.39 is 6.10 Å². The number of hydrogen-bond acceptors (Lipinski definition) is 4. The molecule has 0 aliphatic rings. The SMILES string of the molecule is COCCCCC#C/C(=C/c1ccc(OC)cc1)C(O)C#CCSc1ccccc1. The first-order chi connectivity index (χ1) is 14.7. The van der Waals surface area contributed by atoms with E-state index in [4.69, 9.17) is 9.47 Å². The summed E-state index contributed by atoms with van der Waals surface area (Å²) >= 11 is 1.65. The normalized spacial score (nSPS) is 11.6. The van der Waals surface area contributed by atoms with Crippen LogP contribution in [0.25, 0.3) is 6.08 Å². The lowest BCUT2D eigenvalue weighted by Crippen LogP contribution is -2.06. The number of rotatable bonds is 9. The van der Waals surface area contributed by atoms with E-state index in [-0.39, 0.29) is 0 Å². The van der Waals surface area contributed by atoms with Gasteiger partial charge in [0.2, 0.25) is 0 Å². The van der Waals surface area contributed by atoms with Gasteiger partial charge < -0.3 is 14.6 Å². The number of benzene rings is 2. The summed E-state index contributed by atoms with van der Waals surface area (Å²) in [6.45, 7) is 0.739. The molecular weight excluding hydrogens is 392 g/mol. The van der Waals surface area contributed by atoms with Crippen LogP contribution in [0.3, 0.4) is 0 Å². The molecule has 3 nitrogen and oxygen atoms in total. The van der Waals surface area contributed by atoms with Crippen LogP contribution in [-0.2, 0) is 4.74 Å². The van der Waals surface area contributed by atoms with Crippen LogP contribution in [0.1, 0.15) is 24.8 Å². The Morgan fingerprint density at radius 1 is 1.03 bits per heavy atom. The second-order valence-corrected chi connectivity index (χ2v) is 7.50. The zero-order valence-electron chi connectivity index (χ0n) is 17.6. The minimum Gasteiger partial charge on any atom is -0.497 e. The second-order valence-electron chi connectivity index (χ2n) is 6.45. The quantitative estimate of drug-likeness (QED) is 0.350. The van der Waals surface area contributed by atoms with Crippen molar-refractivity contribution < 1.29 is 14.6 Å². The highest BCUT2D eigenvalue weighted by Crippen LogP contribution is 2.17. The molecular formula is C26H28O3S. The van der Waals surface area contributed by atoms with E-state index in [9.17, 15) is 5.11 Å². The lowest BCUT2D eigenvalue weighted by atomic mass is 10.1. The fraction of sp³-hybridized carbons (Fsp3) is 0.308. The molecule has 1 unspecified atom stereocenters. The predicted molar refractivity (Wildman–Crippen MR) is 125 cm³/mol. The summed E-state index contributed by atoms with van der Waals surface area (Å²) in [5, 5.41) is 10.6. The minimum atomic E-state index is -0.921. The van der Waals surface area contributed by atoms with Crippen molar-refractivity contribution in [3.8, 4) is 29.4 Å². The van der Waals surface area contributed by atoms with Gasteiger partial charge in [-0.2, -0.15) is 0 Å². The summed E-state index contributed by atoms with van der Waals surface area (Å²) in [5.74, 6) is 13.6. The highest BCUT2D eigenvalue weighted by molar-refractivity contribution is 7.99. The Labute approximate surface area is 184 Å². The number of methoxy groups -OCH3 is 2. The van der Waals surface area contributed by atoms with Gasteiger partial charge in [-0.15, -0.1) is 11.8 Å². The van der Waals surface area contributed by atoms with Crippen molar-refractivity contribution in [2.24, 2.45) is 0 Å². The van der Waals surface area contributed by atoms with Crippen LogP contribution in [0.2, 0.25) is 0 Å². The zero-order chi connectivity index (χ0) is 21.4. The van der Waals surface area contributed by atoms with E-state index in [0.29, 0.717) is 11.3 Å². The van der Waals surface area contributed by atoms with Crippen LogP contribution in [0.4, 0.5) is 0 Å². The molecule has 0 spiro atoms. The Bertz CT molecular complexity index is 897. The average molecular weight is 421 g/mol. The average Bonchev–Trinajstić information content (AvgIpc) is 2.79. The molecule has 4 heteroatoms. The largest absolute Gasteiger partial charge is 0.497 e. The lowest BCUT2D eigenvalue weighted by molar-refractivity contribution is 0.193. The molecule has 0 aliphatic carbocycles. The molecule has 156 valence electrons. The van der Waals surface area contributed by atoms with E-state index in [0.717, 1.165) is 42.1 Å². The molecule has 0 radical (unpaired) electrons. The molecule has 1 N–H and O–H groups in total. The molecule has 0 saturated carbocycles. The number of ether oxygens (including phenoxy) is 2. The maximum atomic E-state index is 10.6. The molecule has 2 aromatic carbocycles. The smallest absolute Gasteiger partial charge is 0.147 e. The summed E-state index contributed by atoms with van der Waals surface area (Å²) in [7, 11) is 3.34. The molecule has 0 fully saturated rings. The molecule has 30 heavy (non-hydrogen) atoms. The molecule has 0 aromatic heterocycles.